The molecular weight excluding hydrogens is 265 g/mol. The van der Waals surface area contributed by atoms with Crippen molar-refractivity contribution < 1.29 is 4.39 Å². The number of hydrogen-bond donors (Lipinski definition) is 1. The minimum Gasteiger partial charge on any atom is -0.329 e. The molecular formula is C17H22FN3. The van der Waals surface area contributed by atoms with E-state index in [1.165, 1.54) is 11.6 Å². The molecule has 1 heterocycles. The number of nitrogens with two attached hydrogens (primary N) is 1. The van der Waals surface area contributed by atoms with Gasteiger partial charge in [-0.2, -0.15) is 0 Å². The van der Waals surface area contributed by atoms with Gasteiger partial charge in [0, 0.05) is 31.5 Å². The van der Waals surface area contributed by atoms with Crippen LogP contribution in [0.15, 0.2) is 42.7 Å². The standard InChI is InChI=1S/C17H22FN3/c1-3-21(12-14-6-8-20-9-7-14)17(11-19)16-5-4-15(18)10-13(16)2/h4-10,17H,3,11-12,19H2,1-2H3. The molecule has 0 aliphatic heterocycles. The van der Waals surface area contributed by atoms with Crippen LogP contribution < -0.4 is 5.73 Å². The number of likely N-dealkylation sites (N-methyl/N-ethyl adjacent to an activating group) is 1. The molecule has 0 fully saturated rings. The summed E-state index contributed by atoms with van der Waals surface area (Å²) in [5.74, 6) is -0.204. The van der Waals surface area contributed by atoms with E-state index in [0.29, 0.717) is 6.54 Å². The molecule has 112 valence electrons. The lowest BCUT2D eigenvalue weighted by atomic mass is 9.99. The summed E-state index contributed by atoms with van der Waals surface area (Å²) in [7, 11) is 0. The number of pyridine rings is 1. The molecule has 0 radical (unpaired) electrons. The summed E-state index contributed by atoms with van der Waals surface area (Å²) in [5, 5.41) is 0. The molecule has 0 saturated carbocycles. The topological polar surface area (TPSA) is 42.2 Å². The smallest absolute Gasteiger partial charge is 0.123 e. The first kappa shape index (κ1) is 15.6. The maximum absolute atomic E-state index is 13.3. The molecule has 1 aromatic heterocycles. The number of halogens is 1. The van der Waals surface area contributed by atoms with Crippen molar-refractivity contribution in [1.29, 1.82) is 0 Å². The second-order valence-corrected chi connectivity index (χ2v) is 5.17. The first-order chi connectivity index (χ1) is 10.2. The van der Waals surface area contributed by atoms with Gasteiger partial charge >= 0.3 is 0 Å². The van der Waals surface area contributed by atoms with E-state index in [2.05, 4.69) is 16.8 Å². The van der Waals surface area contributed by atoms with Gasteiger partial charge in [-0.25, -0.2) is 4.39 Å². The fraction of sp³-hybridized carbons (Fsp3) is 0.353. The zero-order valence-corrected chi connectivity index (χ0v) is 12.6. The Morgan fingerprint density at radius 1 is 1.24 bits per heavy atom. The Labute approximate surface area is 125 Å². The highest BCUT2D eigenvalue weighted by Gasteiger charge is 2.19. The van der Waals surface area contributed by atoms with E-state index in [1.54, 1.807) is 18.5 Å². The lowest BCUT2D eigenvalue weighted by Crippen LogP contribution is -2.33. The Balaban J connectivity index is 2.25. The zero-order chi connectivity index (χ0) is 15.2. The molecule has 1 unspecified atom stereocenters. The molecule has 0 amide bonds. The second kappa shape index (κ2) is 7.29. The van der Waals surface area contributed by atoms with Gasteiger partial charge in [0.1, 0.15) is 5.82 Å². The molecule has 0 saturated heterocycles. The van der Waals surface area contributed by atoms with E-state index in [4.69, 9.17) is 5.73 Å². The SMILES string of the molecule is CCN(Cc1ccncc1)C(CN)c1ccc(F)cc1C. The van der Waals surface area contributed by atoms with Crippen LogP contribution in [0.2, 0.25) is 0 Å². The van der Waals surface area contributed by atoms with E-state index in [-0.39, 0.29) is 11.9 Å². The van der Waals surface area contributed by atoms with Crippen LogP contribution in [0.3, 0.4) is 0 Å². The molecule has 1 atom stereocenters. The average Bonchev–Trinajstić information content (AvgIpc) is 2.49. The molecule has 0 aliphatic carbocycles. The third kappa shape index (κ3) is 3.86. The molecule has 1 aromatic carbocycles. The number of benzene rings is 1. The molecule has 0 spiro atoms. The van der Waals surface area contributed by atoms with Crippen LogP contribution in [0, 0.1) is 12.7 Å². The van der Waals surface area contributed by atoms with Gasteiger partial charge in [-0.3, -0.25) is 9.88 Å². The highest BCUT2D eigenvalue weighted by Crippen LogP contribution is 2.25. The third-order valence-corrected chi connectivity index (χ3v) is 3.80. The largest absolute Gasteiger partial charge is 0.329 e. The van der Waals surface area contributed by atoms with Crippen LogP contribution in [-0.2, 0) is 6.54 Å². The van der Waals surface area contributed by atoms with E-state index in [0.717, 1.165) is 24.2 Å². The molecule has 2 N–H and O–H groups in total. The molecule has 2 rings (SSSR count). The Kier molecular flexibility index (Phi) is 5.42. The highest BCUT2D eigenvalue weighted by molar-refractivity contribution is 5.30. The van der Waals surface area contributed by atoms with Gasteiger partial charge in [-0.1, -0.05) is 13.0 Å². The van der Waals surface area contributed by atoms with Gasteiger partial charge < -0.3 is 5.73 Å². The first-order valence-corrected chi connectivity index (χ1v) is 7.24. The van der Waals surface area contributed by atoms with E-state index in [9.17, 15) is 4.39 Å². The van der Waals surface area contributed by atoms with Crippen molar-refractivity contribution in [3.05, 3.63) is 65.2 Å². The summed E-state index contributed by atoms with van der Waals surface area (Å²) in [4.78, 5) is 6.34. The summed E-state index contributed by atoms with van der Waals surface area (Å²) in [6.07, 6.45) is 3.59. The number of hydrogen-bond acceptors (Lipinski definition) is 3. The number of aryl methyl sites for hydroxylation is 1. The molecule has 3 nitrogen and oxygen atoms in total. The van der Waals surface area contributed by atoms with Crippen LogP contribution in [-0.4, -0.2) is 23.0 Å². The lowest BCUT2D eigenvalue weighted by molar-refractivity contribution is 0.202. The monoisotopic (exact) mass is 287 g/mol. The second-order valence-electron chi connectivity index (χ2n) is 5.17. The first-order valence-electron chi connectivity index (χ1n) is 7.24. The van der Waals surface area contributed by atoms with Crippen molar-refractivity contribution in [2.75, 3.05) is 13.1 Å². The highest BCUT2D eigenvalue weighted by atomic mass is 19.1. The molecule has 4 heteroatoms. The molecule has 2 aromatic rings. The number of nitrogens with zero attached hydrogens (tertiary/aromatic N) is 2. The quantitative estimate of drug-likeness (QED) is 0.888. The molecule has 0 aliphatic rings. The Bertz CT molecular complexity index is 572. The summed E-state index contributed by atoms with van der Waals surface area (Å²) >= 11 is 0. The third-order valence-electron chi connectivity index (χ3n) is 3.80. The summed E-state index contributed by atoms with van der Waals surface area (Å²) < 4.78 is 13.3. The maximum atomic E-state index is 13.3. The van der Waals surface area contributed by atoms with Gasteiger partial charge in [-0.05, 0) is 54.4 Å². The van der Waals surface area contributed by atoms with Crippen LogP contribution in [0.1, 0.15) is 29.7 Å². The van der Waals surface area contributed by atoms with Crippen molar-refractivity contribution in [3.8, 4) is 0 Å². The van der Waals surface area contributed by atoms with E-state index in [1.807, 2.05) is 25.1 Å². The Morgan fingerprint density at radius 2 is 1.95 bits per heavy atom. The fourth-order valence-electron chi connectivity index (χ4n) is 2.65. The van der Waals surface area contributed by atoms with Crippen LogP contribution >= 0.6 is 0 Å². The van der Waals surface area contributed by atoms with Gasteiger partial charge in [0.25, 0.3) is 0 Å². The average molecular weight is 287 g/mol. The zero-order valence-electron chi connectivity index (χ0n) is 12.6. The normalized spacial score (nSPS) is 12.6. The van der Waals surface area contributed by atoms with Crippen molar-refractivity contribution in [1.82, 2.24) is 9.88 Å². The van der Waals surface area contributed by atoms with Crippen LogP contribution in [0.25, 0.3) is 0 Å². The Morgan fingerprint density at radius 3 is 2.52 bits per heavy atom. The minimum atomic E-state index is -0.204. The lowest BCUT2D eigenvalue weighted by Gasteiger charge is -2.31. The summed E-state index contributed by atoms with van der Waals surface area (Å²) in [6.45, 7) is 6.23. The van der Waals surface area contributed by atoms with Crippen molar-refractivity contribution in [3.63, 3.8) is 0 Å². The van der Waals surface area contributed by atoms with E-state index >= 15 is 0 Å². The van der Waals surface area contributed by atoms with Crippen molar-refractivity contribution in [2.24, 2.45) is 5.73 Å². The minimum absolute atomic E-state index is 0.0868. The molecule has 0 bridgehead atoms. The predicted molar refractivity (Wildman–Crippen MR) is 83.3 cm³/mol. The van der Waals surface area contributed by atoms with Gasteiger partial charge in [0.15, 0.2) is 0 Å². The maximum Gasteiger partial charge on any atom is 0.123 e. The van der Waals surface area contributed by atoms with E-state index < -0.39 is 0 Å². The predicted octanol–water partition coefficient (Wildman–Crippen LogP) is 3.05. The van der Waals surface area contributed by atoms with Gasteiger partial charge in [0.2, 0.25) is 0 Å². The van der Waals surface area contributed by atoms with Gasteiger partial charge in [-0.15, -0.1) is 0 Å². The number of rotatable bonds is 6. The molecule has 21 heavy (non-hydrogen) atoms. The Hall–Kier alpha value is -1.78. The van der Waals surface area contributed by atoms with Crippen molar-refractivity contribution in [2.45, 2.75) is 26.4 Å². The van der Waals surface area contributed by atoms with Crippen LogP contribution in [0.5, 0.6) is 0 Å². The summed E-state index contributed by atoms with van der Waals surface area (Å²) in [6, 6.07) is 9.02. The van der Waals surface area contributed by atoms with Gasteiger partial charge in [0.05, 0.1) is 0 Å². The van der Waals surface area contributed by atoms with Crippen LogP contribution in [0.4, 0.5) is 4.39 Å². The summed E-state index contributed by atoms with van der Waals surface area (Å²) in [5.41, 5.74) is 9.23. The number of aromatic nitrogens is 1. The van der Waals surface area contributed by atoms with Crippen molar-refractivity contribution >= 4 is 0 Å². The fourth-order valence-corrected chi connectivity index (χ4v) is 2.65.